The van der Waals surface area contributed by atoms with Crippen molar-refractivity contribution in [3.05, 3.63) is 33.4 Å². The summed E-state index contributed by atoms with van der Waals surface area (Å²) in [6.45, 7) is 2.84. The van der Waals surface area contributed by atoms with E-state index in [1.165, 1.54) is 9.13 Å². The largest absolute Gasteiger partial charge is 0.392 e. The lowest BCUT2D eigenvalue weighted by atomic mass is 9.91. The van der Waals surface area contributed by atoms with Crippen LogP contribution < -0.4 is 0 Å². The van der Waals surface area contributed by atoms with Gasteiger partial charge in [-0.25, -0.2) is 0 Å². The Morgan fingerprint density at radius 2 is 2.12 bits per heavy atom. The molecule has 1 aliphatic heterocycles. The van der Waals surface area contributed by atoms with Crippen LogP contribution in [0.15, 0.2) is 24.3 Å². The molecule has 0 radical (unpaired) electrons. The van der Waals surface area contributed by atoms with E-state index < -0.39 is 0 Å². The third-order valence-corrected chi connectivity index (χ3v) is 4.01. The van der Waals surface area contributed by atoms with Crippen molar-refractivity contribution in [1.29, 1.82) is 0 Å². The second-order valence-electron chi connectivity index (χ2n) is 4.43. The quantitative estimate of drug-likeness (QED) is 0.863. The summed E-state index contributed by atoms with van der Waals surface area (Å²) in [7, 11) is 0. The molecular weight excluding hydrogens is 315 g/mol. The molecule has 0 aromatic heterocycles. The number of benzene rings is 1. The second-order valence-corrected chi connectivity index (χ2v) is 5.67. The fraction of sp³-hybridized carbons (Fsp3) is 0.538. The highest BCUT2D eigenvalue weighted by atomic mass is 127. The van der Waals surface area contributed by atoms with E-state index >= 15 is 0 Å². The maximum atomic E-state index is 10.2. The summed E-state index contributed by atoms with van der Waals surface area (Å²) in [5.41, 5.74) is 1.20. The summed E-state index contributed by atoms with van der Waals surface area (Å²) >= 11 is 2.29. The first-order valence-corrected chi connectivity index (χ1v) is 6.79. The Hall–Kier alpha value is -0.130. The van der Waals surface area contributed by atoms with Crippen LogP contribution in [0, 0.1) is 9.49 Å². The fourth-order valence-corrected chi connectivity index (χ4v) is 2.63. The van der Waals surface area contributed by atoms with Gasteiger partial charge < -0.3 is 9.84 Å². The minimum atomic E-state index is -0.280. The lowest BCUT2D eigenvalue weighted by molar-refractivity contribution is 0.0441. The van der Waals surface area contributed by atoms with E-state index in [1.807, 2.05) is 0 Å². The van der Waals surface area contributed by atoms with Gasteiger partial charge in [0.2, 0.25) is 0 Å². The van der Waals surface area contributed by atoms with E-state index in [9.17, 15) is 5.11 Å². The van der Waals surface area contributed by atoms with Crippen molar-refractivity contribution in [1.82, 2.24) is 0 Å². The van der Waals surface area contributed by atoms with Crippen LogP contribution in [0.1, 0.15) is 18.9 Å². The Morgan fingerprint density at radius 3 is 2.69 bits per heavy atom. The molecule has 0 spiro atoms. The molecule has 0 amide bonds. The zero-order valence-electron chi connectivity index (χ0n) is 9.40. The van der Waals surface area contributed by atoms with Gasteiger partial charge in [-0.15, -0.1) is 0 Å². The zero-order chi connectivity index (χ0) is 11.5. The maximum Gasteiger partial charge on any atom is 0.0634 e. The zero-order valence-corrected chi connectivity index (χ0v) is 11.6. The van der Waals surface area contributed by atoms with Crippen LogP contribution >= 0.6 is 22.6 Å². The van der Waals surface area contributed by atoms with Gasteiger partial charge in [-0.2, -0.15) is 0 Å². The van der Waals surface area contributed by atoms with Gasteiger partial charge in [0.25, 0.3) is 0 Å². The highest BCUT2D eigenvalue weighted by Gasteiger charge is 2.30. The van der Waals surface area contributed by atoms with Crippen LogP contribution in [0.4, 0.5) is 0 Å². The molecule has 88 valence electrons. The van der Waals surface area contributed by atoms with E-state index in [0.717, 1.165) is 19.4 Å². The summed E-state index contributed by atoms with van der Waals surface area (Å²) in [5, 5.41) is 10.2. The summed E-state index contributed by atoms with van der Waals surface area (Å²) in [4.78, 5) is 0. The van der Waals surface area contributed by atoms with E-state index in [1.54, 1.807) is 0 Å². The normalized spacial score (nSPS) is 26.9. The average molecular weight is 332 g/mol. The molecule has 3 heteroatoms. The van der Waals surface area contributed by atoms with Gasteiger partial charge in [-0.1, -0.05) is 12.1 Å². The number of aliphatic hydroxyl groups is 1. The second kappa shape index (κ2) is 5.47. The lowest BCUT2D eigenvalue weighted by Gasteiger charge is -2.20. The van der Waals surface area contributed by atoms with Crippen LogP contribution in [-0.2, 0) is 11.2 Å². The molecule has 1 aliphatic rings. The standard InChI is InChI=1S/C13H17IO2/c1-9-12(6-7-16-9)13(15)8-10-2-4-11(14)5-3-10/h2-5,9,12-13,15H,6-8H2,1H3. The summed E-state index contributed by atoms with van der Waals surface area (Å²) in [6.07, 6.45) is 1.62. The molecule has 1 fully saturated rings. The monoisotopic (exact) mass is 332 g/mol. The number of halogens is 1. The van der Waals surface area contributed by atoms with Gasteiger partial charge in [0.1, 0.15) is 0 Å². The molecule has 16 heavy (non-hydrogen) atoms. The van der Waals surface area contributed by atoms with Crippen molar-refractivity contribution in [2.45, 2.75) is 32.0 Å². The molecule has 2 nitrogen and oxygen atoms in total. The Kier molecular flexibility index (Phi) is 4.21. The molecule has 1 aromatic carbocycles. The molecule has 3 unspecified atom stereocenters. The molecule has 3 atom stereocenters. The molecule has 1 saturated heterocycles. The van der Waals surface area contributed by atoms with Gasteiger partial charge >= 0.3 is 0 Å². The van der Waals surface area contributed by atoms with Gasteiger partial charge in [0.05, 0.1) is 12.2 Å². The molecular formula is C13H17IO2. The minimum Gasteiger partial charge on any atom is -0.392 e. The first kappa shape index (κ1) is 12.3. The van der Waals surface area contributed by atoms with Gasteiger partial charge in [-0.3, -0.25) is 0 Å². The fourth-order valence-electron chi connectivity index (χ4n) is 2.27. The van der Waals surface area contributed by atoms with Crippen molar-refractivity contribution in [2.24, 2.45) is 5.92 Å². The minimum absolute atomic E-state index is 0.193. The molecule has 1 N–H and O–H groups in total. The van der Waals surface area contributed by atoms with Crippen molar-refractivity contribution in [3.63, 3.8) is 0 Å². The summed E-state index contributed by atoms with van der Waals surface area (Å²) < 4.78 is 6.71. The Balaban J connectivity index is 1.96. The summed E-state index contributed by atoms with van der Waals surface area (Å²) in [6, 6.07) is 8.34. The maximum absolute atomic E-state index is 10.2. The number of ether oxygens (including phenoxy) is 1. The first-order chi connectivity index (χ1) is 7.66. The van der Waals surface area contributed by atoms with Crippen molar-refractivity contribution < 1.29 is 9.84 Å². The number of hydrogen-bond donors (Lipinski definition) is 1. The molecule has 0 aliphatic carbocycles. The number of aliphatic hydroxyl groups excluding tert-OH is 1. The smallest absolute Gasteiger partial charge is 0.0634 e. The third-order valence-electron chi connectivity index (χ3n) is 3.29. The van der Waals surface area contributed by atoms with Crippen molar-refractivity contribution in [3.8, 4) is 0 Å². The Labute approximate surface area is 110 Å². The van der Waals surface area contributed by atoms with Crippen LogP contribution in [0.2, 0.25) is 0 Å². The number of rotatable bonds is 3. The van der Waals surface area contributed by atoms with Gasteiger partial charge in [0.15, 0.2) is 0 Å². The first-order valence-electron chi connectivity index (χ1n) is 5.71. The average Bonchev–Trinajstić information content (AvgIpc) is 2.68. The molecule has 1 heterocycles. The highest BCUT2D eigenvalue weighted by molar-refractivity contribution is 14.1. The van der Waals surface area contributed by atoms with E-state index in [4.69, 9.17) is 4.74 Å². The van der Waals surface area contributed by atoms with Crippen LogP contribution in [0.3, 0.4) is 0 Å². The van der Waals surface area contributed by atoms with Crippen molar-refractivity contribution >= 4 is 22.6 Å². The molecule has 0 bridgehead atoms. The van der Waals surface area contributed by atoms with E-state index in [0.29, 0.717) is 5.92 Å². The summed E-state index contributed by atoms with van der Waals surface area (Å²) in [5.74, 6) is 0.291. The van der Waals surface area contributed by atoms with Crippen LogP contribution in [0.25, 0.3) is 0 Å². The van der Waals surface area contributed by atoms with E-state index in [-0.39, 0.29) is 12.2 Å². The highest BCUT2D eigenvalue weighted by Crippen LogP contribution is 2.25. The molecule has 1 aromatic rings. The van der Waals surface area contributed by atoms with Crippen LogP contribution in [-0.4, -0.2) is 23.9 Å². The van der Waals surface area contributed by atoms with E-state index in [2.05, 4.69) is 53.8 Å². The topological polar surface area (TPSA) is 29.5 Å². The molecule has 2 rings (SSSR count). The predicted molar refractivity (Wildman–Crippen MR) is 72.4 cm³/mol. The molecule has 0 saturated carbocycles. The third kappa shape index (κ3) is 2.96. The van der Waals surface area contributed by atoms with Crippen LogP contribution in [0.5, 0.6) is 0 Å². The Bertz CT molecular complexity index is 336. The number of hydrogen-bond acceptors (Lipinski definition) is 2. The Morgan fingerprint density at radius 1 is 1.44 bits per heavy atom. The van der Waals surface area contributed by atoms with Crippen molar-refractivity contribution in [2.75, 3.05) is 6.61 Å². The van der Waals surface area contributed by atoms with Gasteiger partial charge in [0, 0.05) is 16.1 Å². The lowest BCUT2D eigenvalue weighted by Crippen LogP contribution is -2.28. The SMILES string of the molecule is CC1OCCC1C(O)Cc1ccc(I)cc1. The van der Waals surface area contributed by atoms with Gasteiger partial charge in [-0.05, 0) is 60.1 Å². The predicted octanol–water partition coefficient (Wildman–Crippen LogP) is 2.62.